The molecule has 18 heavy (non-hydrogen) atoms. The number of aromatic nitrogens is 2. The fourth-order valence-electron chi connectivity index (χ4n) is 1.65. The van der Waals surface area contributed by atoms with Crippen molar-refractivity contribution >= 4 is 5.82 Å². The molecule has 102 valence electrons. The quantitative estimate of drug-likeness (QED) is 0.808. The molecule has 4 heteroatoms. The molecule has 0 spiro atoms. The molecule has 0 unspecified atom stereocenters. The summed E-state index contributed by atoms with van der Waals surface area (Å²) in [5.41, 5.74) is 0.987. The second-order valence-electron chi connectivity index (χ2n) is 4.95. The van der Waals surface area contributed by atoms with Crippen LogP contribution in [0, 0.1) is 12.8 Å². The molecular weight excluding hydrogens is 226 g/mol. The molecule has 0 amide bonds. The highest BCUT2D eigenvalue weighted by atomic mass is 16.5. The maximum Gasteiger partial charge on any atom is 0.221 e. The Balaban J connectivity index is 2.83. The summed E-state index contributed by atoms with van der Waals surface area (Å²) in [5, 5.41) is 3.10. The number of nitrogens with zero attached hydrogens (tertiary/aromatic N) is 2. The fourth-order valence-corrected chi connectivity index (χ4v) is 1.65. The van der Waals surface area contributed by atoms with Gasteiger partial charge in [0, 0.05) is 13.5 Å². The average Bonchev–Trinajstić information content (AvgIpc) is 2.32. The van der Waals surface area contributed by atoms with E-state index in [1.165, 1.54) is 0 Å². The number of aryl methyl sites for hydroxylation is 1. The minimum atomic E-state index is 0.644. The highest BCUT2D eigenvalue weighted by Gasteiger charge is 2.11. The molecule has 0 aliphatic carbocycles. The largest absolute Gasteiger partial charge is 0.477 e. The van der Waals surface area contributed by atoms with E-state index < -0.39 is 0 Å². The second-order valence-corrected chi connectivity index (χ2v) is 4.95. The van der Waals surface area contributed by atoms with Gasteiger partial charge in [-0.2, -0.15) is 4.98 Å². The number of rotatable bonds is 7. The molecule has 1 aromatic heterocycles. The topological polar surface area (TPSA) is 47.0 Å². The monoisotopic (exact) mass is 251 g/mol. The summed E-state index contributed by atoms with van der Waals surface area (Å²) >= 11 is 0. The summed E-state index contributed by atoms with van der Waals surface area (Å²) < 4.78 is 5.79. The molecule has 0 aliphatic heterocycles. The fraction of sp³-hybridized carbons (Fsp3) is 0.714. The number of ether oxygens (including phenoxy) is 1. The molecule has 1 rings (SSSR count). The third-order valence-electron chi connectivity index (χ3n) is 2.79. The molecule has 1 heterocycles. The first-order valence-electron chi connectivity index (χ1n) is 6.76. The first kappa shape index (κ1) is 14.7. The third-order valence-corrected chi connectivity index (χ3v) is 2.79. The van der Waals surface area contributed by atoms with Gasteiger partial charge in [0.2, 0.25) is 5.88 Å². The Morgan fingerprint density at radius 1 is 1.28 bits per heavy atom. The van der Waals surface area contributed by atoms with Gasteiger partial charge < -0.3 is 10.1 Å². The van der Waals surface area contributed by atoms with E-state index >= 15 is 0 Å². The van der Waals surface area contributed by atoms with E-state index in [1.54, 1.807) is 0 Å². The molecule has 1 aromatic rings. The van der Waals surface area contributed by atoms with Crippen molar-refractivity contribution in [2.75, 3.05) is 19.0 Å². The first-order valence-corrected chi connectivity index (χ1v) is 6.76. The Labute approximate surface area is 110 Å². The van der Waals surface area contributed by atoms with Crippen LogP contribution in [-0.4, -0.2) is 23.6 Å². The van der Waals surface area contributed by atoms with Crippen LogP contribution in [0.15, 0.2) is 0 Å². The zero-order chi connectivity index (χ0) is 13.5. The van der Waals surface area contributed by atoms with Crippen molar-refractivity contribution in [2.24, 2.45) is 5.92 Å². The zero-order valence-corrected chi connectivity index (χ0v) is 12.2. The highest BCUT2D eigenvalue weighted by molar-refractivity contribution is 5.48. The van der Waals surface area contributed by atoms with Gasteiger partial charge in [-0.25, -0.2) is 4.98 Å². The van der Waals surface area contributed by atoms with Gasteiger partial charge in [-0.15, -0.1) is 0 Å². The lowest BCUT2D eigenvalue weighted by atomic mass is 10.1. The number of anilines is 1. The Hall–Kier alpha value is -1.32. The number of hydrogen-bond donors (Lipinski definition) is 1. The molecule has 0 bridgehead atoms. The zero-order valence-electron chi connectivity index (χ0n) is 12.2. The lowest BCUT2D eigenvalue weighted by Gasteiger charge is -2.13. The lowest BCUT2D eigenvalue weighted by Crippen LogP contribution is -2.09. The molecule has 0 fully saturated rings. The minimum Gasteiger partial charge on any atom is -0.477 e. The van der Waals surface area contributed by atoms with Crippen LogP contribution in [0.2, 0.25) is 0 Å². The van der Waals surface area contributed by atoms with E-state index in [1.807, 2.05) is 14.0 Å². The minimum absolute atomic E-state index is 0.644. The molecule has 0 radical (unpaired) electrons. The normalized spacial score (nSPS) is 10.8. The molecule has 1 N–H and O–H groups in total. The molecule has 0 atom stereocenters. The van der Waals surface area contributed by atoms with Crippen LogP contribution in [0.3, 0.4) is 0 Å². The Bertz CT molecular complexity index is 378. The standard InChI is InChI=1S/C14H25N3O/c1-6-7-12-16-13(15-5)11(4)14(17-12)18-9-8-10(2)3/h10H,6-9H2,1-5H3,(H,15,16,17). The van der Waals surface area contributed by atoms with Crippen molar-refractivity contribution in [1.82, 2.24) is 9.97 Å². The van der Waals surface area contributed by atoms with Gasteiger partial charge in [0.1, 0.15) is 11.6 Å². The average molecular weight is 251 g/mol. The van der Waals surface area contributed by atoms with Crippen molar-refractivity contribution in [1.29, 1.82) is 0 Å². The van der Waals surface area contributed by atoms with Gasteiger partial charge in [0.15, 0.2) is 0 Å². The van der Waals surface area contributed by atoms with E-state index in [-0.39, 0.29) is 0 Å². The lowest BCUT2D eigenvalue weighted by molar-refractivity contribution is 0.276. The summed E-state index contributed by atoms with van der Waals surface area (Å²) in [6, 6.07) is 0. The predicted octanol–water partition coefficient (Wildman–Crippen LogP) is 3.20. The Morgan fingerprint density at radius 2 is 2.00 bits per heavy atom. The number of hydrogen-bond acceptors (Lipinski definition) is 4. The summed E-state index contributed by atoms with van der Waals surface area (Å²) in [4.78, 5) is 8.98. The van der Waals surface area contributed by atoms with Crippen LogP contribution in [0.1, 0.15) is 45.0 Å². The summed E-state index contributed by atoms with van der Waals surface area (Å²) in [5.74, 6) is 3.09. The molecule has 0 saturated heterocycles. The van der Waals surface area contributed by atoms with E-state index in [4.69, 9.17) is 4.74 Å². The van der Waals surface area contributed by atoms with Gasteiger partial charge in [-0.3, -0.25) is 0 Å². The van der Waals surface area contributed by atoms with Gasteiger partial charge >= 0.3 is 0 Å². The van der Waals surface area contributed by atoms with Crippen molar-refractivity contribution in [2.45, 2.75) is 47.0 Å². The first-order chi connectivity index (χ1) is 8.58. The van der Waals surface area contributed by atoms with E-state index in [2.05, 4.69) is 36.1 Å². The Morgan fingerprint density at radius 3 is 2.56 bits per heavy atom. The maximum absolute atomic E-state index is 5.79. The van der Waals surface area contributed by atoms with Crippen LogP contribution in [0.4, 0.5) is 5.82 Å². The van der Waals surface area contributed by atoms with E-state index in [9.17, 15) is 0 Å². The van der Waals surface area contributed by atoms with Crippen molar-refractivity contribution in [3.63, 3.8) is 0 Å². The smallest absolute Gasteiger partial charge is 0.221 e. The van der Waals surface area contributed by atoms with Crippen molar-refractivity contribution in [3.8, 4) is 5.88 Å². The summed E-state index contributed by atoms with van der Waals surface area (Å²) in [6.45, 7) is 9.22. The SMILES string of the molecule is CCCc1nc(NC)c(C)c(OCCC(C)C)n1. The van der Waals surface area contributed by atoms with Gasteiger partial charge in [-0.1, -0.05) is 20.8 Å². The highest BCUT2D eigenvalue weighted by Crippen LogP contribution is 2.22. The van der Waals surface area contributed by atoms with Crippen LogP contribution in [0.25, 0.3) is 0 Å². The van der Waals surface area contributed by atoms with Crippen LogP contribution in [0.5, 0.6) is 5.88 Å². The summed E-state index contributed by atoms with van der Waals surface area (Å²) in [7, 11) is 1.88. The van der Waals surface area contributed by atoms with Gasteiger partial charge in [0.05, 0.1) is 12.2 Å². The van der Waals surface area contributed by atoms with Crippen LogP contribution >= 0.6 is 0 Å². The number of nitrogens with one attached hydrogen (secondary N) is 1. The molecule has 4 nitrogen and oxygen atoms in total. The molecule has 0 saturated carbocycles. The maximum atomic E-state index is 5.79. The van der Waals surface area contributed by atoms with Crippen LogP contribution in [-0.2, 0) is 6.42 Å². The Kier molecular flexibility index (Phi) is 5.89. The molecule has 0 aliphatic rings. The molecular formula is C14H25N3O. The van der Waals surface area contributed by atoms with Crippen molar-refractivity contribution in [3.05, 3.63) is 11.4 Å². The third kappa shape index (κ3) is 4.17. The summed E-state index contributed by atoms with van der Waals surface area (Å²) in [6.07, 6.45) is 2.97. The van der Waals surface area contributed by atoms with Crippen molar-refractivity contribution < 1.29 is 4.74 Å². The molecule has 0 aromatic carbocycles. The van der Waals surface area contributed by atoms with E-state index in [0.29, 0.717) is 12.5 Å². The van der Waals surface area contributed by atoms with Gasteiger partial charge in [0.25, 0.3) is 0 Å². The second kappa shape index (κ2) is 7.19. The predicted molar refractivity (Wildman–Crippen MR) is 75.3 cm³/mol. The van der Waals surface area contributed by atoms with E-state index in [0.717, 1.165) is 42.3 Å². The van der Waals surface area contributed by atoms with Gasteiger partial charge in [-0.05, 0) is 25.7 Å². The van der Waals surface area contributed by atoms with Crippen LogP contribution < -0.4 is 10.1 Å².